The van der Waals surface area contributed by atoms with Crippen LogP contribution in [0.15, 0.2) is 35.1 Å². The summed E-state index contributed by atoms with van der Waals surface area (Å²) >= 11 is 3.20. The van der Waals surface area contributed by atoms with E-state index in [4.69, 9.17) is 5.73 Å². The third-order valence-electron chi connectivity index (χ3n) is 1.94. The van der Waals surface area contributed by atoms with Crippen molar-refractivity contribution in [2.24, 2.45) is 0 Å². The third kappa shape index (κ3) is 2.95. The Kier molecular flexibility index (Phi) is 3.26. The highest BCUT2D eigenvalue weighted by atomic mass is 79.9. The Morgan fingerprint density at radius 2 is 2.12 bits per heavy atom. The van der Waals surface area contributed by atoms with Crippen LogP contribution in [0.4, 0.5) is 5.82 Å². The monoisotopic (exact) mass is 289 g/mol. The maximum Gasteiger partial charge on any atom is 0.158 e. The first-order valence-corrected chi connectivity index (χ1v) is 5.53. The van der Waals surface area contributed by atoms with Crippen molar-refractivity contribution in [2.75, 3.05) is 5.73 Å². The number of nitrogen functional groups attached to an aromatic ring is 1. The van der Waals surface area contributed by atoms with Crippen LogP contribution < -0.4 is 5.73 Å². The summed E-state index contributed by atoms with van der Waals surface area (Å²) in [6.07, 6.45) is 1.51. The van der Waals surface area contributed by atoms with Crippen molar-refractivity contribution in [3.05, 3.63) is 46.3 Å². The Labute approximate surface area is 107 Å². The van der Waals surface area contributed by atoms with Crippen molar-refractivity contribution in [2.45, 2.75) is 0 Å². The minimum absolute atomic E-state index is 0.171. The Hall–Kier alpha value is -2.06. The molecule has 0 saturated carbocycles. The van der Waals surface area contributed by atoms with Gasteiger partial charge in [-0.2, -0.15) is 0 Å². The lowest BCUT2D eigenvalue weighted by Gasteiger charge is -1.96. The molecule has 0 saturated heterocycles. The fourth-order valence-electron chi connectivity index (χ4n) is 1.18. The number of hydrogen-bond acceptors (Lipinski definition) is 4. The molecule has 0 atom stereocenters. The number of aromatic hydroxyl groups is 1. The number of nitrogens with two attached hydrogens (primary N) is 1. The summed E-state index contributed by atoms with van der Waals surface area (Å²) in [5, 5.41) is 9.28. The molecule has 0 unspecified atom stereocenters. The average molecular weight is 290 g/mol. The van der Waals surface area contributed by atoms with E-state index in [0.717, 1.165) is 0 Å². The van der Waals surface area contributed by atoms with Crippen molar-refractivity contribution in [1.82, 2.24) is 9.97 Å². The van der Waals surface area contributed by atoms with Gasteiger partial charge in [0.05, 0.1) is 6.20 Å². The van der Waals surface area contributed by atoms with E-state index in [9.17, 15) is 5.11 Å². The van der Waals surface area contributed by atoms with Gasteiger partial charge >= 0.3 is 0 Å². The van der Waals surface area contributed by atoms with Gasteiger partial charge in [-0.05, 0) is 40.0 Å². The first-order chi connectivity index (χ1) is 8.15. The van der Waals surface area contributed by atoms with Crippen LogP contribution in [0.1, 0.15) is 11.3 Å². The summed E-state index contributed by atoms with van der Waals surface area (Å²) < 4.78 is 0.576. The van der Waals surface area contributed by atoms with Gasteiger partial charge in [-0.3, -0.25) is 0 Å². The number of nitrogens with zero attached hydrogens (tertiary/aromatic N) is 2. The second kappa shape index (κ2) is 4.85. The van der Waals surface area contributed by atoms with Gasteiger partial charge in [-0.1, -0.05) is 12.0 Å². The molecule has 2 aromatic rings. The highest BCUT2D eigenvalue weighted by Gasteiger charge is 1.99. The van der Waals surface area contributed by atoms with E-state index >= 15 is 0 Å². The fourth-order valence-corrected chi connectivity index (χ4v) is 1.46. The van der Waals surface area contributed by atoms with E-state index < -0.39 is 0 Å². The molecule has 2 rings (SSSR count). The lowest BCUT2D eigenvalue weighted by atomic mass is 10.2. The molecule has 3 N–H and O–H groups in total. The van der Waals surface area contributed by atoms with Crippen molar-refractivity contribution in [3.63, 3.8) is 0 Å². The molecule has 1 heterocycles. The van der Waals surface area contributed by atoms with Crippen LogP contribution in [-0.2, 0) is 0 Å². The van der Waals surface area contributed by atoms with E-state index in [1.54, 1.807) is 24.3 Å². The molecule has 84 valence electrons. The Bertz CT molecular complexity index is 617. The number of aromatic nitrogens is 2. The number of anilines is 1. The molecule has 0 aliphatic rings. The number of hydrogen-bond donors (Lipinski definition) is 2. The Morgan fingerprint density at radius 1 is 1.29 bits per heavy atom. The molecule has 0 bridgehead atoms. The number of rotatable bonds is 0. The molecule has 0 aliphatic carbocycles. The number of benzene rings is 1. The predicted octanol–water partition coefficient (Wildman–Crippen LogP) is 1.93. The molecule has 0 fully saturated rings. The molecule has 1 aromatic carbocycles. The van der Waals surface area contributed by atoms with Gasteiger partial charge in [0.1, 0.15) is 10.4 Å². The molecule has 0 amide bonds. The van der Waals surface area contributed by atoms with Crippen molar-refractivity contribution in [3.8, 4) is 17.6 Å². The van der Waals surface area contributed by atoms with E-state index in [0.29, 0.717) is 15.9 Å². The van der Waals surface area contributed by atoms with E-state index in [1.807, 2.05) is 0 Å². The van der Waals surface area contributed by atoms with E-state index in [1.165, 1.54) is 6.20 Å². The van der Waals surface area contributed by atoms with Gasteiger partial charge in [0, 0.05) is 5.56 Å². The Balaban J connectivity index is 2.36. The summed E-state index contributed by atoms with van der Waals surface area (Å²) in [5.41, 5.74) is 6.73. The normalized spacial score (nSPS) is 9.47. The predicted molar refractivity (Wildman–Crippen MR) is 68.2 cm³/mol. The number of phenolic OH excluding ortho intramolecular Hbond substituents is 1. The molecule has 0 spiro atoms. The molecule has 5 heteroatoms. The zero-order valence-electron chi connectivity index (χ0n) is 8.68. The SMILES string of the molecule is Nc1ncc(Br)nc1C#Cc1cccc(O)c1. The number of halogens is 1. The van der Waals surface area contributed by atoms with Gasteiger partial charge in [0.15, 0.2) is 11.5 Å². The quantitative estimate of drug-likeness (QED) is 0.727. The zero-order valence-corrected chi connectivity index (χ0v) is 10.3. The van der Waals surface area contributed by atoms with Gasteiger partial charge in [0.2, 0.25) is 0 Å². The second-order valence-corrected chi connectivity index (χ2v) is 4.04. The average Bonchev–Trinajstić information content (AvgIpc) is 2.30. The third-order valence-corrected chi connectivity index (χ3v) is 2.32. The first kappa shape index (κ1) is 11.4. The molecular formula is C12H8BrN3O. The lowest BCUT2D eigenvalue weighted by Crippen LogP contribution is -1.97. The van der Waals surface area contributed by atoms with Crippen molar-refractivity contribution in [1.29, 1.82) is 0 Å². The minimum atomic E-state index is 0.171. The van der Waals surface area contributed by atoms with Crippen LogP contribution in [0.5, 0.6) is 5.75 Å². The molecule has 17 heavy (non-hydrogen) atoms. The van der Waals surface area contributed by atoms with Crippen molar-refractivity contribution < 1.29 is 5.11 Å². The largest absolute Gasteiger partial charge is 0.508 e. The van der Waals surface area contributed by atoms with E-state index in [2.05, 4.69) is 37.7 Å². The molecule has 0 aliphatic heterocycles. The lowest BCUT2D eigenvalue weighted by molar-refractivity contribution is 0.475. The molecule has 4 nitrogen and oxygen atoms in total. The number of phenols is 1. The summed E-state index contributed by atoms with van der Waals surface area (Å²) in [7, 11) is 0. The standard InChI is InChI=1S/C12H8BrN3O/c13-11-7-15-12(14)10(16-11)5-4-8-2-1-3-9(17)6-8/h1-3,6-7,17H,(H2,14,15). The molecule has 1 aromatic heterocycles. The van der Waals surface area contributed by atoms with Crippen LogP contribution in [0.2, 0.25) is 0 Å². The van der Waals surface area contributed by atoms with Gasteiger partial charge < -0.3 is 10.8 Å². The van der Waals surface area contributed by atoms with Crippen LogP contribution in [-0.4, -0.2) is 15.1 Å². The maximum absolute atomic E-state index is 9.28. The first-order valence-electron chi connectivity index (χ1n) is 4.74. The van der Waals surface area contributed by atoms with E-state index in [-0.39, 0.29) is 11.6 Å². The van der Waals surface area contributed by atoms with Gasteiger partial charge in [-0.15, -0.1) is 0 Å². The minimum Gasteiger partial charge on any atom is -0.508 e. The summed E-state index contributed by atoms with van der Waals surface area (Å²) in [6, 6.07) is 6.65. The summed E-state index contributed by atoms with van der Waals surface area (Å²) in [6.45, 7) is 0. The van der Waals surface area contributed by atoms with Crippen LogP contribution in [0, 0.1) is 11.8 Å². The highest BCUT2D eigenvalue weighted by Crippen LogP contribution is 2.11. The summed E-state index contributed by atoms with van der Waals surface area (Å²) in [4.78, 5) is 8.03. The highest BCUT2D eigenvalue weighted by molar-refractivity contribution is 9.10. The summed E-state index contributed by atoms with van der Waals surface area (Å²) in [5.74, 6) is 6.11. The second-order valence-electron chi connectivity index (χ2n) is 3.23. The molecule has 0 radical (unpaired) electrons. The van der Waals surface area contributed by atoms with Crippen LogP contribution >= 0.6 is 15.9 Å². The zero-order chi connectivity index (χ0) is 12.3. The van der Waals surface area contributed by atoms with Crippen molar-refractivity contribution >= 4 is 21.7 Å². The molecular weight excluding hydrogens is 282 g/mol. The van der Waals surface area contributed by atoms with Crippen LogP contribution in [0.3, 0.4) is 0 Å². The smallest absolute Gasteiger partial charge is 0.158 e. The fraction of sp³-hybridized carbons (Fsp3) is 0. The topological polar surface area (TPSA) is 72.0 Å². The maximum atomic E-state index is 9.28. The van der Waals surface area contributed by atoms with Gasteiger partial charge in [-0.25, -0.2) is 9.97 Å². The Morgan fingerprint density at radius 3 is 2.88 bits per heavy atom. The van der Waals surface area contributed by atoms with Crippen LogP contribution in [0.25, 0.3) is 0 Å². The van der Waals surface area contributed by atoms with Gasteiger partial charge in [0.25, 0.3) is 0 Å².